The average molecular weight is 477 g/mol. The largest absolute Gasteiger partial charge is 0.494 e. The van der Waals surface area contributed by atoms with Gasteiger partial charge in [0.05, 0.1) is 6.61 Å². The molecule has 0 saturated carbocycles. The first-order valence-corrected chi connectivity index (χ1v) is 11.9. The van der Waals surface area contributed by atoms with Crippen molar-refractivity contribution in [2.45, 2.75) is 24.1 Å². The standard InChI is InChI=1S/C25H21ClN4O2S/c1-2-31-18-13-11-16(12-14-18)23-27-21-10-6-4-8-19(21)22-24(32-23)28-25(30-29-22)33-15-17-7-3-5-9-20(17)26/h3-14,23,27H,2,15H2,1H3/t23-/m0/s1. The molecule has 4 aromatic rings. The molecule has 6 nitrogen and oxygen atoms in total. The van der Waals surface area contributed by atoms with Crippen LogP contribution < -0.4 is 14.8 Å². The first-order valence-electron chi connectivity index (χ1n) is 10.6. The Kier molecular flexibility index (Phi) is 6.32. The molecule has 1 N–H and O–H groups in total. The highest BCUT2D eigenvalue weighted by molar-refractivity contribution is 7.98. The summed E-state index contributed by atoms with van der Waals surface area (Å²) in [5, 5.41) is 13.5. The monoisotopic (exact) mass is 476 g/mol. The summed E-state index contributed by atoms with van der Waals surface area (Å²) in [5.41, 5.74) is 4.37. The zero-order chi connectivity index (χ0) is 22.6. The SMILES string of the molecule is CCOc1ccc([C@H]2Nc3ccccc3-c3nnc(SCc4ccccc4Cl)nc3O2)cc1. The van der Waals surface area contributed by atoms with Crippen LogP contribution in [0.15, 0.2) is 78.0 Å². The van der Waals surface area contributed by atoms with E-state index in [9.17, 15) is 0 Å². The molecule has 0 bridgehead atoms. The number of rotatable bonds is 6. The van der Waals surface area contributed by atoms with Gasteiger partial charge in [-0.2, -0.15) is 4.98 Å². The Bertz CT molecular complexity index is 1270. The summed E-state index contributed by atoms with van der Waals surface area (Å²) in [6, 6.07) is 23.5. The third-order valence-electron chi connectivity index (χ3n) is 5.14. The minimum Gasteiger partial charge on any atom is -0.494 e. The Hall–Kier alpha value is -3.29. The first-order chi connectivity index (χ1) is 16.2. The molecule has 1 aliphatic heterocycles. The van der Waals surface area contributed by atoms with Crippen molar-refractivity contribution in [3.8, 4) is 22.9 Å². The fourth-order valence-corrected chi connectivity index (χ4v) is 4.59. The molecule has 1 atom stereocenters. The van der Waals surface area contributed by atoms with Crippen LogP contribution in [0.2, 0.25) is 5.02 Å². The number of halogens is 1. The van der Waals surface area contributed by atoms with E-state index in [1.807, 2.05) is 79.7 Å². The zero-order valence-electron chi connectivity index (χ0n) is 17.9. The Morgan fingerprint density at radius 2 is 1.79 bits per heavy atom. The van der Waals surface area contributed by atoms with Crippen molar-refractivity contribution in [3.63, 3.8) is 0 Å². The third kappa shape index (κ3) is 4.74. The van der Waals surface area contributed by atoms with E-state index >= 15 is 0 Å². The molecule has 3 aromatic carbocycles. The summed E-state index contributed by atoms with van der Waals surface area (Å²) in [6.45, 7) is 2.58. The van der Waals surface area contributed by atoms with E-state index in [0.29, 0.717) is 29.1 Å². The summed E-state index contributed by atoms with van der Waals surface area (Å²) in [6.07, 6.45) is -0.443. The van der Waals surface area contributed by atoms with Crippen LogP contribution >= 0.6 is 23.4 Å². The quantitative estimate of drug-likeness (QED) is 0.323. The minimum absolute atomic E-state index is 0.433. The van der Waals surface area contributed by atoms with E-state index in [4.69, 9.17) is 26.1 Å². The Morgan fingerprint density at radius 3 is 2.61 bits per heavy atom. The number of thioether (sulfide) groups is 1. The van der Waals surface area contributed by atoms with Crippen molar-refractivity contribution in [3.05, 3.63) is 88.9 Å². The van der Waals surface area contributed by atoms with Gasteiger partial charge in [0.15, 0.2) is 11.9 Å². The van der Waals surface area contributed by atoms with Gasteiger partial charge in [0.25, 0.3) is 0 Å². The molecule has 5 rings (SSSR count). The fraction of sp³-hybridized carbons (Fsp3) is 0.160. The van der Waals surface area contributed by atoms with Gasteiger partial charge in [-0.3, -0.25) is 0 Å². The lowest BCUT2D eigenvalue weighted by Gasteiger charge is -2.19. The second kappa shape index (κ2) is 9.68. The van der Waals surface area contributed by atoms with Gasteiger partial charge in [-0.05, 0) is 48.9 Å². The van der Waals surface area contributed by atoms with E-state index in [0.717, 1.165) is 33.1 Å². The molecule has 0 amide bonds. The molecule has 2 heterocycles. The Balaban J connectivity index is 1.46. The number of hydrogen-bond acceptors (Lipinski definition) is 7. The van der Waals surface area contributed by atoms with Gasteiger partial charge in [0.1, 0.15) is 5.75 Å². The summed E-state index contributed by atoms with van der Waals surface area (Å²) >= 11 is 7.76. The number of anilines is 1. The highest BCUT2D eigenvalue weighted by Crippen LogP contribution is 2.40. The number of fused-ring (bicyclic) bond motifs is 3. The van der Waals surface area contributed by atoms with Crippen LogP contribution in [0.1, 0.15) is 24.3 Å². The lowest BCUT2D eigenvalue weighted by Crippen LogP contribution is -2.17. The van der Waals surface area contributed by atoms with E-state index in [1.54, 1.807) is 0 Å². The van der Waals surface area contributed by atoms with E-state index < -0.39 is 6.23 Å². The molecule has 1 aromatic heterocycles. The molecule has 166 valence electrons. The van der Waals surface area contributed by atoms with E-state index in [1.165, 1.54) is 11.8 Å². The van der Waals surface area contributed by atoms with Crippen molar-refractivity contribution in [1.82, 2.24) is 15.2 Å². The minimum atomic E-state index is -0.443. The van der Waals surface area contributed by atoms with Crippen LogP contribution in [-0.2, 0) is 5.75 Å². The fourth-order valence-electron chi connectivity index (χ4n) is 3.52. The van der Waals surface area contributed by atoms with Crippen LogP contribution in [0.25, 0.3) is 11.3 Å². The number of para-hydroxylation sites is 1. The number of benzene rings is 3. The predicted molar refractivity (Wildman–Crippen MR) is 131 cm³/mol. The normalized spacial score (nSPS) is 14.3. The number of nitrogens with one attached hydrogen (secondary N) is 1. The van der Waals surface area contributed by atoms with Crippen molar-refractivity contribution in [2.24, 2.45) is 0 Å². The van der Waals surface area contributed by atoms with Gasteiger partial charge < -0.3 is 14.8 Å². The predicted octanol–water partition coefficient (Wildman–Crippen LogP) is 6.39. The molecule has 0 saturated heterocycles. The molecule has 0 fully saturated rings. The van der Waals surface area contributed by atoms with Gasteiger partial charge in [-0.15, -0.1) is 10.2 Å². The first kappa shape index (κ1) is 21.6. The molecule has 0 aliphatic carbocycles. The van der Waals surface area contributed by atoms with E-state index in [2.05, 4.69) is 15.5 Å². The maximum atomic E-state index is 6.34. The van der Waals surface area contributed by atoms with Gasteiger partial charge >= 0.3 is 0 Å². The summed E-state index contributed by atoms with van der Waals surface area (Å²) in [7, 11) is 0. The number of hydrogen-bond donors (Lipinski definition) is 1. The Morgan fingerprint density at radius 1 is 1.00 bits per heavy atom. The van der Waals surface area contributed by atoms with Crippen LogP contribution in [0.5, 0.6) is 11.6 Å². The molecular weight excluding hydrogens is 456 g/mol. The van der Waals surface area contributed by atoms with Gasteiger partial charge in [0.2, 0.25) is 11.0 Å². The van der Waals surface area contributed by atoms with Crippen LogP contribution in [0.3, 0.4) is 0 Å². The Labute approximate surface area is 201 Å². The molecule has 0 unspecified atom stereocenters. The average Bonchev–Trinajstić information content (AvgIpc) is 3.01. The van der Waals surface area contributed by atoms with Crippen LogP contribution in [0.4, 0.5) is 5.69 Å². The molecular formula is C25H21ClN4O2S. The molecule has 8 heteroatoms. The lowest BCUT2D eigenvalue weighted by atomic mass is 10.1. The van der Waals surface area contributed by atoms with Crippen LogP contribution in [-0.4, -0.2) is 21.8 Å². The van der Waals surface area contributed by atoms with Crippen molar-refractivity contribution in [2.75, 3.05) is 11.9 Å². The van der Waals surface area contributed by atoms with E-state index in [-0.39, 0.29) is 0 Å². The maximum Gasteiger partial charge on any atom is 0.247 e. The highest BCUT2D eigenvalue weighted by atomic mass is 35.5. The van der Waals surface area contributed by atoms with Gasteiger partial charge in [0, 0.05) is 27.6 Å². The van der Waals surface area contributed by atoms with Crippen LogP contribution in [0, 0.1) is 0 Å². The topological polar surface area (TPSA) is 69.2 Å². The van der Waals surface area contributed by atoms with Crippen molar-refractivity contribution in [1.29, 1.82) is 0 Å². The highest BCUT2D eigenvalue weighted by Gasteiger charge is 2.26. The number of aromatic nitrogens is 3. The second-order valence-electron chi connectivity index (χ2n) is 7.32. The zero-order valence-corrected chi connectivity index (χ0v) is 19.4. The maximum absolute atomic E-state index is 6.34. The molecule has 33 heavy (non-hydrogen) atoms. The summed E-state index contributed by atoms with van der Waals surface area (Å²) < 4.78 is 11.9. The lowest BCUT2D eigenvalue weighted by molar-refractivity contribution is 0.225. The number of nitrogens with zero attached hydrogens (tertiary/aromatic N) is 3. The third-order valence-corrected chi connectivity index (χ3v) is 6.40. The van der Waals surface area contributed by atoms with Crippen molar-refractivity contribution >= 4 is 29.1 Å². The second-order valence-corrected chi connectivity index (χ2v) is 8.67. The summed E-state index contributed by atoms with van der Waals surface area (Å²) in [4.78, 5) is 4.70. The molecule has 1 aliphatic rings. The molecule has 0 spiro atoms. The van der Waals surface area contributed by atoms with Gasteiger partial charge in [-0.25, -0.2) is 0 Å². The molecule has 0 radical (unpaired) electrons. The summed E-state index contributed by atoms with van der Waals surface area (Å²) in [5.74, 6) is 1.89. The smallest absolute Gasteiger partial charge is 0.247 e. The van der Waals surface area contributed by atoms with Crippen molar-refractivity contribution < 1.29 is 9.47 Å². The number of ether oxygens (including phenoxy) is 2. The van der Waals surface area contributed by atoms with Gasteiger partial charge in [-0.1, -0.05) is 59.8 Å².